The first kappa shape index (κ1) is 11.3. The van der Waals surface area contributed by atoms with Gasteiger partial charge in [0.25, 0.3) is 0 Å². The summed E-state index contributed by atoms with van der Waals surface area (Å²) >= 11 is 0. The maximum atomic E-state index is 11.4. The van der Waals surface area contributed by atoms with Crippen LogP contribution in [0.1, 0.15) is 12.0 Å². The molecule has 1 saturated carbocycles. The molecule has 0 spiro atoms. The largest absolute Gasteiger partial charge is 0.465 e. The number of piperidine rings is 1. The van der Waals surface area contributed by atoms with E-state index in [1.54, 1.807) is 4.90 Å². The third-order valence-corrected chi connectivity index (χ3v) is 4.95. The second-order valence-electron chi connectivity index (χ2n) is 6.07. The molecule has 2 heterocycles. The van der Waals surface area contributed by atoms with E-state index in [2.05, 4.69) is 29.2 Å². The van der Waals surface area contributed by atoms with Crippen LogP contribution in [-0.4, -0.2) is 46.2 Å². The standard InChI is InChI=1S/C15H18N2O2/c18-15(19)17-13-8-16(7-10-4-2-1-3-5-10)9-14(17)12-6-11(12)13/h1-5,11-14H,6-9H2,(H,18,19)/t11-,12+,13-,14+. The zero-order valence-corrected chi connectivity index (χ0v) is 10.8. The van der Waals surface area contributed by atoms with Gasteiger partial charge in [-0.15, -0.1) is 0 Å². The van der Waals surface area contributed by atoms with Gasteiger partial charge in [-0.25, -0.2) is 4.79 Å². The highest BCUT2D eigenvalue weighted by Gasteiger charge is 2.62. The third kappa shape index (κ3) is 1.74. The molecule has 0 aromatic heterocycles. The molecule has 0 radical (unpaired) electrons. The highest BCUT2D eigenvalue weighted by molar-refractivity contribution is 5.67. The Hall–Kier alpha value is -1.55. The minimum absolute atomic E-state index is 0.241. The first-order chi connectivity index (χ1) is 9.24. The first-order valence-electron chi connectivity index (χ1n) is 7.01. The molecule has 1 aromatic rings. The highest BCUT2D eigenvalue weighted by Crippen LogP contribution is 2.55. The van der Waals surface area contributed by atoms with Crippen molar-refractivity contribution in [2.24, 2.45) is 11.8 Å². The lowest BCUT2D eigenvalue weighted by atomic mass is 10.1. The van der Waals surface area contributed by atoms with Gasteiger partial charge < -0.3 is 5.11 Å². The molecule has 3 aliphatic rings. The van der Waals surface area contributed by atoms with Crippen molar-refractivity contribution in [2.75, 3.05) is 13.1 Å². The Bertz CT molecular complexity index is 486. The molecule has 4 heteroatoms. The number of carbonyl (C=O) groups is 1. The van der Waals surface area contributed by atoms with Crippen molar-refractivity contribution in [1.82, 2.24) is 9.80 Å². The molecule has 4 atom stereocenters. The fourth-order valence-electron chi connectivity index (χ4n) is 4.08. The number of benzene rings is 1. The van der Waals surface area contributed by atoms with Crippen molar-refractivity contribution in [3.8, 4) is 0 Å². The van der Waals surface area contributed by atoms with Crippen LogP contribution < -0.4 is 0 Å². The summed E-state index contributed by atoms with van der Waals surface area (Å²) in [6, 6.07) is 10.9. The van der Waals surface area contributed by atoms with Crippen LogP contribution in [0.15, 0.2) is 30.3 Å². The molecule has 2 aliphatic heterocycles. The molecule has 2 saturated heterocycles. The number of carboxylic acid groups (broad SMARTS) is 1. The molecular formula is C15H18N2O2. The quantitative estimate of drug-likeness (QED) is 0.880. The van der Waals surface area contributed by atoms with E-state index in [1.165, 1.54) is 12.0 Å². The minimum Gasteiger partial charge on any atom is -0.465 e. The lowest BCUT2D eigenvalue weighted by Crippen LogP contribution is -2.57. The molecule has 100 valence electrons. The highest BCUT2D eigenvalue weighted by atomic mass is 16.4. The van der Waals surface area contributed by atoms with Crippen LogP contribution >= 0.6 is 0 Å². The summed E-state index contributed by atoms with van der Waals surface area (Å²) in [5.74, 6) is 1.28. The maximum Gasteiger partial charge on any atom is 0.407 e. The Balaban J connectivity index is 1.50. The predicted octanol–water partition coefficient (Wildman–Crippen LogP) is 1.87. The van der Waals surface area contributed by atoms with E-state index in [-0.39, 0.29) is 12.1 Å². The van der Waals surface area contributed by atoms with Crippen molar-refractivity contribution in [1.29, 1.82) is 0 Å². The molecule has 3 fully saturated rings. The van der Waals surface area contributed by atoms with Crippen LogP contribution in [0.2, 0.25) is 0 Å². The fraction of sp³-hybridized carbons (Fsp3) is 0.533. The molecule has 2 bridgehead atoms. The van der Waals surface area contributed by atoms with Gasteiger partial charge in [0.05, 0.1) is 12.1 Å². The zero-order valence-electron chi connectivity index (χ0n) is 10.8. The summed E-state index contributed by atoms with van der Waals surface area (Å²) in [4.78, 5) is 15.5. The molecule has 4 nitrogen and oxygen atoms in total. The van der Waals surface area contributed by atoms with Crippen LogP contribution in [0.3, 0.4) is 0 Å². The maximum absolute atomic E-state index is 11.4. The molecule has 1 amide bonds. The second-order valence-corrected chi connectivity index (χ2v) is 6.07. The summed E-state index contributed by atoms with van der Waals surface area (Å²) in [5, 5.41) is 9.34. The lowest BCUT2D eigenvalue weighted by molar-refractivity contribution is 0.0414. The van der Waals surface area contributed by atoms with Gasteiger partial charge in [-0.3, -0.25) is 9.80 Å². The van der Waals surface area contributed by atoms with Crippen LogP contribution in [0, 0.1) is 11.8 Å². The van der Waals surface area contributed by atoms with Gasteiger partial charge >= 0.3 is 6.09 Å². The van der Waals surface area contributed by atoms with Crippen LogP contribution in [-0.2, 0) is 6.54 Å². The Kier molecular flexibility index (Phi) is 2.36. The van der Waals surface area contributed by atoms with Gasteiger partial charge in [0.15, 0.2) is 0 Å². The topological polar surface area (TPSA) is 43.8 Å². The average molecular weight is 258 g/mol. The van der Waals surface area contributed by atoms with E-state index in [1.807, 2.05) is 6.07 Å². The summed E-state index contributed by atoms with van der Waals surface area (Å²) < 4.78 is 0. The van der Waals surface area contributed by atoms with E-state index in [0.717, 1.165) is 19.6 Å². The number of piperazine rings is 1. The van der Waals surface area contributed by atoms with E-state index in [0.29, 0.717) is 11.8 Å². The Labute approximate surface area is 112 Å². The molecule has 1 aromatic carbocycles. The van der Waals surface area contributed by atoms with Crippen molar-refractivity contribution >= 4 is 6.09 Å². The van der Waals surface area contributed by atoms with Gasteiger partial charge in [-0.1, -0.05) is 30.3 Å². The zero-order chi connectivity index (χ0) is 13.0. The van der Waals surface area contributed by atoms with E-state index in [4.69, 9.17) is 0 Å². The van der Waals surface area contributed by atoms with Crippen LogP contribution in [0.25, 0.3) is 0 Å². The molecule has 1 aliphatic carbocycles. The van der Waals surface area contributed by atoms with Gasteiger partial charge in [-0.05, 0) is 23.8 Å². The van der Waals surface area contributed by atoms with Gasteiger partial charge in [0.1, 0.15) is 0 Å². The van der Waals surface area contributed by atoms with Gasteiger partial charge in [0.2, 0.25) is 0 Å². The summed E-state index contributed by atoms with van der Waals surface area (Å²) in [5.41, 5.74) is 1.32. The Morgan fingerprint density at radius 2 is 1.79 bits per heavy atom. The molecule has 19 heavy (non-hydrogen) atoms. The number of likely N-dealkylation sites (tertiary alicyclic amines) is 1. The molecule has 1 N–H and O–H groups in total. The smallest absolute Gasteiger partial charge is 0.407 e. The van der Waals surface area contributed by atoms with E-state index >= 15 is 0 Å². The number of nitrogens with zero attached hydrogens (tertiary/aromatic N) is 2. The number of hydrogen-bond acceptors (Lipinski definition) is 2. The van der Waals surface area contributed by atoms with Crippen molar-refractivity contribution in [3.05, 3.63) is 35.9 Å². The summed E-state index contributed by atoms with van der Waals surface area (Å²) in [6.45, 7) is 2.75. The second kappa shape index (κ2) is 3.97. The molecular weight excluding hydrogens is 240 g/mol. The fourth-order valence-corrected chi connectivity index (χ4v) is 4.08. The van der Waals surface area contributed by atoms with E-state index in [9.17, 15) is 9.90 Å². The van der Waals surface area contributed by atoms with Crippen LogP contribution in [0.5, 0.6) is 0 Å². The lowest BCUT2D eigenvalue weighted by Gasteiger charge is -2.41. The SMILES string of the molecule is O=C(O)N1[C@@H]2CN(Cc3ccccc3)C[C@H]1[C@H]1C[C@H]12. The monoisotopic (exact) mass is 258 g/mol. The van der Waals surface area contributed by atoms with Crippen molar-refractivity contribution in [3.63, 3.8) is 0 Å². The first-order valence-corrected chi connectivity index (χ1v) is 7.01. The predicted molar refractivity (Wildman–Crippen MR) is 70.8 cm³/mol. The van der Waals surface area contributed by atoms with E-state index < -0.39 is 6.09 Å². The summed E-state index contributed by atoms with van der Waals surface area (Å²) in [7, 11) is 0. The number of rotatable bonds is 2. The van der Waals surface area contributed by atoms with Crippen LogP contribution in [0.4, 0.5) is 4.79 Å². The third-order valence-electron chi connectivity index (χ3n) is 4.95. The van der Waals surface area contributed by atoms with Gasteiger partial charge in [0, 0.05) is 19.6 Å². The molecule has 4 rings (SSSR count). The number of hydrogen-bond donors (Lipinski definition) is 1. The van der Waals surface area contributed by atoms with Crippen molar-refractivity contribution in [2.45, 2.75) is 25.0 Å². The Morgan fingerprint density at radius 3 is 2.37 bits per heavy atom. The Morgan fingerprint density at radius 1 is 1.16 bits per heavy atom. The van der Waals surface area contributed by atoms with Gasteiger partial charge in [-0.2, -0.15) is 0 Å². The normalized spacial score (nSPS) is 36.1. The number of fused-ring (bicyclic) bond motifs is 5. The summed E-state index contributed by atoms with van der Waals surface area (Å²) in [6.07, 6.45) is 0.528. The minimum atomic E-state index is -0.721. The molecule has 0 unspecified atom stereocenters. The number of amides is 1. The van der Waals surface area contributed by atoms with Crippen molar-refractivity contribution < 1.29 is 9.90 Å². The average Bonchev–Trinajstić information content (AvgIpc) is 3.15.